The van der Waals surface area contributed by atoms with Gasteiger partial charge in [0.1, 0.15) is 5.02 Å². The maximum atomic E-state index is 11.8. The van der Waals surface area contributed by atoms with Crippen LogP contribution < -0.4 is 10.6 Å². The first kappa shape index (κ1) is 14.8. The van der Waals surface area contributed by atoms with Crippen LogP contribution in [0.4, 0.5) is 16.2 Å². The quantitative estimate of drug-likeness (QED) is 0.678. The molecule has 0 spiro atoms. The number of urea groups is 1. The molecule has 0 atom stereocenters. The summed E-state index contributed by atoms with van der Waals surface area (Å²) in [5.41, 5.74) is 0.720. The summed E-state index contributed by atoms with van der Waals surface area (Å²) >= 11 is 17.3. The number of phenolic OH excluding ortho intramolecular Hbond substituents is 1. The SMILES string of the molecule is O=C(Nc1ccc(Cl)cc1)Nc1ccc(Cl)c(Cl)c1O. The minimum absolute atomic E-state index is 0.0176. The molecular weight excluding hydrogens is 323 g/mol. The van der Waals surface area contributed by atoms with Gasteiger partial charge in [0.2, 0.25) is 0 Å². The fourth-order valence-electron chi connectivity index (χ4n) is 1.46. The largest absolute Gasteiger partial charge is 0.504 e. The van der Waals surface area contributed by atoms with Crippen molar-refractivity contribution in [2.45, 2.75) is 0 Å². The van der Waals surface area contributed by atoms with Crippen molar-refractivity contribution in [1.82, 2.24) is 0 Å². The summed E-state index contributed by atoms with van der Waals surface area (Å²) in [6.45, 7) is 0. The van der Waals surface area contributed by atoms with Gasteiger partial charge in [-0.25, -0.2) is 4.79 Å². The number of hydrogen-bond donors (Lipinski definition) is 3. The van der Waals surface area contributed by atoms with E-state index in [0.29, 0.717) is 10.7 Å². The summed E-state index contributed by atoms with van der Waals surface area (Å²) in [7, 11) is 0. The molecule has 0 aromatic heterocycles. The van der Waals surface area contributed by atoms with E-state index in [0.717, 1.165) is 0 Å². The number of benzene rings is 2. The van der Waals surface area contributed by atoms with Crippen molar-refractivity contribution in [3.63, 3.8) is 0 Å². The maximum absolute atomic E-state index is 11.8. The first-order valence-electron chi connectivity index (χ1n) is 5.48. The average Bonchev–Trinajstić information content (AvgIpc) is 2.42. The highest BCUT2D eigenvalue weighted by molar-refractivity contribution is 6.43. The van der Waals surface area contributed by atoms with Crippen LogP contribution in [0.3, 0.4) is 0 Å². The molecule has 2 amide bonds. The van der Waals surface area contributed by atoms with Gasteiger partial charge in [-0.05, 0) is 36.4 Å². The number of aromatic hydroxyl groups is 1. The molecule has 0 saturated heterocycles. The second-order valence-corrected chi connectivity index (χ2v) is 5.07. The van der Waals surface area contributed by atoms with Gasteiger partial charge >= 0.3 is 6.03 Å². The topological polar surface area (TPSA) is 61.4 Å². The average molecular weight is 332 g/mol. The third kappa shape index (κ3) is 3.48. The molecule has 0 aliphatic heterocycles. The lowest BCUT2D eigenvalue weighted by Crippen LogP contribution is -2.19. The molecular formula is C13H9Cl3N2O2. The predicted molar refractivity (Wildman–Crippen MR) is 82.2 cm³/mol. The van der Waals surface area contributed by atoms with Gasteiger partial charge in [-0.3, -0.25) is 0 Å². The lowest BCUT2D eigenvalue weighted by atomic mass is 10.3. The standard InChI is InChI=1S/C13H9Cl3N2O2/c14-7-1-3-8(4-2-7)17-13(20)18-10-6-5-9(15)11(16)12(10)19/h1-6,19H,(H2,17,18,20). The van der Waals surface area contributed by atoms with E-state index in [1.54, 1.807) is 24.3 Å². The Labute approximate surface area is 130 Å². The van der Waals surface area contributed by atoms with E-state index >= 15 is 0 Å². The van der Waals surface area contributed by atoms with Gasteiger partial charge in [0.05, 0.1) is 10.7 Å². The normalized spacial score (nSPS) is 10.2. The highest BCUT2D eigenvalue weighted by Gasteiger charge is 2.12. The van der Waals surface area contributed by atoms with Crippen molar-refractivity contribution in [3.8, 4) is 5.75 Å². The first-order valence-corrected chi connectivity index (χ1v) is 6.61. The van der Waals surface area contributed by atoms with E-state index < -0.39 is 6.03 Å². The Hall–Kier alpha value is -1.62. The molecule has 0 aliphatic carbocycles. The molecule has 0 fully saturated rings. The molecule has 2 aromatic carbocycles. The Morgan fingerprint density at radius 1 is 0.950 bits per heavy atom. The minimum atomic E-state index is -0.527. The molecule has 104 valence electrons. The number of phenols is 1. The van der Waals surface area contributed by atoms with Gasteiger partial charge in [-0.15, -0.1) is 0 Å². The van der Waals surface area contributed by atoms with Crippen LogP contribution in [0.2, 0.25) is 15.1 Å². The van der Waals surface area contributed by atoms with Crippen molar-refractivity contribution >= 4 is 52.2 Å². The van der Waals surface area contributed by atoms with Crippen LogP contribution >= 0.6 is 34.8 Å². The predicted octanol–water partition coefficient (Wildman–Crippen LogP) is 5.00. The van der Waals surface area contributed by atoms with E-state index in [2.05, 4.69) is 10.6 Å². The Morgan fingerprint density at radius 3 is 2.25 bits per heavy atom. The van der Waals surface area contributed by atoms with Crippen LogP contribution in [0.25, 0.3) is 0 Å². The third-order valence-electron chi connectivity index (χ3n) is 2.42. The molecule has 4 nitrogen and oxygen atoms in total. The summed E-state index contributed by atoms with van der Waals surface area (Å²) < 4.78 is 0. The van der Waals surface area contributed by atoms with Crippen LogP contribution in [0.1, 0.15) is 0 Å². The summed E-state index contributed by atoms with van der Waals surface area (Å²) in [6.07, 6.45) is 0. The number of amides is 2. The number of hydrogen-bond acceptors (Lipinski definition) is 2. The van der Waals surface area contributed by atoms with Crippen molar-refractivity contribution in [1.29, 1.82) is 0 Å². The monoisotopic (exact) mass is 330 g/mol. The molecule has 0 bridgehead atoms. The Kier molecular flexibility index (Phi) is 4.60. The van der Waals surface area contributed by atoms with E-state index in [9.17, 15) is 9.90 Å². The second kappa shape index (κ2) is 6.22. The van der Waals surface area contributed by atoms with Crippen LogP contribution in [0.15, 0.2) is 36.4 Å². The number of anilines is 2. The zero-order chi connectivity index (χ0) is 14.7. The summed E-state index contributed by atoms with van der Waals surface area (Å²) in [5, 5.41) is 15.6. The summed E-state index contributed by atoms with van der Waals surface area (Å²) in [6, 6.07) is 8.99. The Bertz CT molecular complexity index is 645. The summed E-state index contributed by atoms with van der Waals surface area (Å²) in [5.74, 6) is -0.287. The van der Waals surface area contributed by atoms with Gasteiger partial charge in [0.15, 0.2) is 5.75 Å². The summed E-state index contributed by atoms with van der Waals surface area (Å²) in [4.78, 5) is 11.8. The van der Waals surface area contributed by atoms with E-state index in [-0.39, 0.29) is 21.5 Å². The molecule has 0 saturated carbocycles. The molecule has 0 heterocycles. The van der Waals surface area contributed by atoms with Crippen molar-refractivity contribution in [2.75, 3.05) is 10.6 Å². The van der Waals surface area contributed by atoms with Crippen LogP contribution in [-0.4, -0.2) is 11.1 Å². The van der Waals surface area contributed by atoms with E-state index in [1.165, 1.54) is 12.1 Å². The third-order valence-corrected chi connectivity index (χ3v) is 3.47. The van der Waals surface area contributed by atoms with Gasteiger partial charge in [0.25, 0.3) is 0 Å². The number of nitrogens with one attached hydrogen (secondary N) is 2. The minimum Gasteiger partial charge on any atom is -0.504 e. The fourth-order valence-corrected chi connectivity index (χ4v) is 1.90. The second-order valence-electron chi connectivity index (χ2n) is 3.84. The molecule has 0 unspecified atom stereocenters. The van der Waals surface area contributed by atoms with Crippen LogP contribution in [-0.2, 0) is 0 Å². The lowest BCUT2D eigenvalue weighted by Gasteiger charge is -2.10. The number of rotatable bonds is 2. The lowest BCUT2D eigenvalue weighted by molar-refractivity contribution is 0.262. The molecule has 20 heavy (non-hydrogen) atoms. The number of halogens is 3. The number of carbonyl (C=O) groups excluding carboxylic acids is 1. The van der Waals surface area contributed by atoms with Crippen LogP contribution in [0, 0.1) is 0 Å². The zero-order valence-electron chi connectivity index (χ0n) is 9.95. The van der Waals surface area contributed by atoms with Gasteiger partial charge in [0, 0.05) is 10.7 Å². The highest BCUT2D eigenvalue weighted by atomic mass is 35.5. The zero-order valence-corrected chi connectivity index (χ0v) is 12.2. The highest BCUT2D eigenvalue weighted by Crippen LogP contribution is 2.37. The van der Waals surface area contributed by atoms with Crippen molar-refractivity contribution in [2.24, 2.45) is 0 Å². The van der Waals surface area contributed by atoms with Crippen molar-refractivity contribution in [3.05, 3.63) is 51.5 Å². The van der Waals surface area contributed by atoms with E-state index in [1.807, 2.05) is 0 Å². The van der Waals surface area contributed by atoms with Crippen LogP contribution in [0.5, 0.6) is 5.75 Å². The molecule has 3 N–H and O–H groups in total. The van der Waals surface area contributed by atoms with Gasteiger partial charge in [-0.1, -0.05) is 34.8 Å². The first-order chi connectivity index (χ1) is 9.47. The maximum Gasteiger partial charge on any atom is 0.323 e. The molecule has 0 radical (unpaired) electrons. The Balaban J connectivity index is 2.08. The molecule has 7 heteroatoms. The molecule has 2 aromatic rings. The fraction of sp³-hybridized carbons (Fsp3) is 0. The van der Waals surface area contributed by atoms with Gasteiger partial charge < -0.3 is 15.7 Å². The van der Waals surface area contributed by atoms with Crippen molar-refractivity contribution < 1.29 is 9.90 Å². The smallest absolute Gasteiger partial charge is 0.323 e. The molecule has 0 aliphatic rings. The number of carbonyl (C=O) groups is 1. The molecule has 2 rings (SSSR count). The Morgan fingerprint density at radius 2 is 1.60 bits per heavy atom. The van der Waals surface area contributed by atoms with Gasteiger partial charge in [-0.2, -0.15) is 0 Å². The van der Waals surface area contributed by atoms with E-state index in [4.69, 9.17) is 34.8 Å².